The van der Waals surface area contributed by atoms with Crippen LogP contribution in [0, 0.1) is 6.92 Å². The number of aryl methyl sites for hydroxylation is 1. The number of carbonyl (C=O) groups is 2. The van der Waals surface area contributed by atoms with Gasteiger partial charge in [0.2, 0.25) is 0 Å². The maximum Gasteiger partial charge on any atom is 1.00 e. The number of carbonyl (C=O) groups excluding carboxylic acids is 1. The molecule has 0 bridgehead atoms. The second-order valence-corrected chi connectivity index (χ2v) is 11.1. The average molecular weight is 569 g/mol. The van der Waals surface area contributed by atoms with Crippen LogP contribution in [-0.2, 0) is 16.0 Å². The molecule has 40 heavy (non-hydrogen) atoms. The quantitative estimate of drug-likeness (QED) is 0.240. The Morgan fingerprint density at radius 3 is 2.50 bits per heavy atom. The van der Waals surface area contributed by atoms with E-state index in [9.17, 15) is 14.7 Å². The molecule has 1 heterocycles. The Kier molecular flexibility index (Phi) is 12.5. The Hall–Kier alpha value is -2.86. The second kappa shape index (κ2) is 15.8. The van der Waals surface area contributed by atoms with Gasteiger partial charge in [0.15, 0.2) is 0 Å². The standard InChI is InChI=1S/C31H32N2O4S2.Li.H/c1-21-8-6-7-11-24(21)26-18-23(12-13-25(26)30(34)33-27(31(35)36)15-17-38-2)29(28-19-32-20-39-28)37-16-14-22-9-4-3-5-10-22;;/h3-13,18-20,27,29H,14-17H2,1-2H3,(H,33,34)(H,35,36);;/q;+1;-1. The summed E-state index contributed by atoms with van der Waals surface area (Å²) in [5.74, 6) is -0.811. The summed E-state index contributed by atoms with van der Waals surface area (Å²) in [6.45, 7) is 2.52. The third-order valence-electron chi connectivity index (χ3n) is 6.47. The number of hydrogen-bond donors (Lipinski definition) is 2. The number of amides is 1. The van der Waals surface area contributed by atoms with Gasteiger partial charge in [0.05, 0.1) is 17.0 Å². The first kappa shape index (κ1) is 31.7. The molecule has 4 aromatic rings. The van der Waals surface area contributed by atoms with Crippen molar-refractivity contribution in [1.29, 1.82) is 0 Å². The summed E-state index contributed by atoms with van der Waals surface area (Å²) in [4.78, 5) is 30.5. The predicted molar refractivity (Wildman–Crippen MR) is 160 cm³/mol. The summed E-state index contributed by atoms with van der Waals surface area (Å²) in [5, 5.41) is 12.4. The topological polar surface area (TPSA) is 88.5 Å². The van der Waals surface area contributed by atoms with Gasteiger partial charge in [-0.1, -0.05) is 60.7 Å². The van der Waals surface area contributed by atoms with Gasteiger partial charge in [-0.3, -0.25) is 9.78 Å². The third-order valence-corrected chi connectivity index (χ3v) is 7.93. The normalized spacial score (nSPS) is 12.2. The number of rotatable bonds is 13. The molecule has 0 saturated heterocycles. The van der Waals surface area contributed by atoms with Crippen LogP contribution in [0.1, 0.15) is 45.9 Å². The van der Waals surface area contributed by atoms with Crippen LogP contribution in [0.2, 0.25) is 0 Å². The first-order valence-corrected chi connectivity index (χ1v) is 15.0. The summed E-state index contributed by atoms with van der Waals surface area (Å²) < 4.78 is 6.43. The Morgan fingerprint density at radius 2 is 1.82 bits per heavy atom. The molecule has 0 aliphatic carbocycles. The fourth-order valence-corrected chi connectivity index (χ4v) is 5.55. The molecule has 2 N–H and O–H groups in total. The van der Waals surface area contributed by atoms with E-state index < -0.39 is 17.9 Å². The molecule has 4 rings (SSSR count). The van der Waals surface area contributed by atoms with Crippen molar-refractivity contribution < 1.29 is 39.7 Å². The minimum absolute atomic E-state index is 0. The Bertz CT molecular complexity index is 1390. The molecule has 0 aliphatic heterocycles. The number of carboxylic acid groups (broad SMARTS) is 1. The SMILES string of the molecule is CSCCC(NC(=O)c1ccc(C(OCCc2ccccc2)c2cncs2)cc1-c1ccccc1C)C(=O)O.[H-].[Li+]. The van der Waals surface area contributed by atoms with E-state index in [0.29, 0.717) is 24.3 Å². The average Bonchev–Trinajstić information content (AvgIpc) is 3.48. The molecule has 1 aromatic heterocycles. The Balaban J connectivity index is 0.00000294. The van der Waals surface area contributed by atoms with E-state index in [2.05, 4.69) is 22.4 Å². The molecule has 0 saturated carbocycles. The van der Waals surface area contributed by atoms with Gasteiger partial charge < -0.3 is 16.6 Å². The van der Waals surface area contributed by atoms with Crippen LogP contribution in [0.15, 0.2) is 84.5 Å². The number of hydrogen-bond acceptors (Lipinski definition) is 6. The van der Waals surface area contributed by atoms with Crippen LogP contribution in [0.4, 0.5) is 0 Å². The minimum Gasteiger partial charge on any atom is -1.00 e. The van der Waals surface area contributed by atoms with Crippen LogP contribution in [0.25, 0.3) is 11.1 Å². The minimum atomic E-state index is -1.04. The van der Waals surface area contributed by atoms with E-state index in [1.807, 2.05) is 74.0 Å². The summed E-state index contributed by atoms with van der Waals surface area (Å²) in [5.41, 5.74) is 6.97. The number of carboxylic acids is 1. The number of thiazole rings is 1. The third kappa shape index (κ3) is 8.32. The van der Waals surface area contributed by atoms with Gasteiger partial charge in [0.25, 0.3) is 5.91 Å². The molecule has 0 aliphatic rings. The van der Waals surface area contributed by atoms with Gasteiger partial charge in [0.1, 0.15) is 12.1 Å². The van der Waals surface area contributed by atoms with Gasteiger partial charge >= 0.3 is 24.8 Å². The monoisotopic (exact) mass is 568 g/mol. The first-order chi connectivity index (χ1) is 19.0. The maximum absolute atomic E-state index is 13.4. The molecular formula is C31H33LiN2O4S2. The number of aliphatic carboxylic acids is 1. The van der Waals surface area contributed by atoms with Crippen molar-refractivity contribution in [1.82, 2.24) is 10.3 Å². The molecule has 9 heteroatoms. The number of ether oxygens (including phenoxy) is 1. The van der Waals surface area contributed by atoms with Crippen LogP contribution in [0.5, 0.6) is 0 Å². The zero-order chi connectivity index (χ0) is 27.6. The molecule has 3 aromatic carbocycles. The molecule has 2 atom stereocenters. The zero-order valence-corrected chi connectivity index (χ0v) is 24.6. The van der Waals surface area contributed by atoms with Gasteiger partial charge in [-0.05, 0) is 71.7 Å². The largest absolute Gasteiger partial charge is 1.00 e. The van der Waals surface area contributed by atoms with Crippen LogP contribution >= 0.6 is 23.1 Å². The van der Waals surface area contributed by atoms with Gasteiger partial charge in [-0.25, -0.2) is 4.79 Å². The molecule has 0 radical (unpaired) electrons. The molecule has 6 nitrogen and oxygen atoms in total. The summed E-state index contributed by atoms with van der Waals surface area (Å²) in [6, 6.07) is 22.8. The van der Waals surface area contributed by atoms with Crippen LogP contribution in [-0.4, -0.2) is 46.6 Å². The maximum atomic E-state index is 13.4. The fraction of sp³-hybridized carbons (Fsp3) is 0.258. The van der Waals surface area contributed by atoms with E-state index in [0.717, 1.165) is 33.6 Å². The Labute approximate surface area is 257 Å². The van der Waals surface area contributed by atoms with Crippen LogP contribution < -0.4 is 24.2 Å². The van der Waals surface area contributed by atoms with Crippen molar-refractivity contribution in [2.24, 2.45) is 0 Å². The zero-order valence-electron chi connectivity index (χ0n) is 24.0. The first-order valence-electron chi connectivity index (χ1n) is 12.7. The number of thioether (sulfide) groups is 1. The number of nitrogens with zero attached hydrogens (tertiary/aromatic N) is 1. The summed E-state index contributed by atoms with van der Waals surface area (Å²) in [6.07, 6.45) is 4.50. The molecular weight excluding hydrogens is 535 g/mol. The molecule has 2 unspecified atom stereocenters. The fourth-order valence-electron chi connectivity index (χ4n) is 4.39. The number of nitrogens with one attached hydrogen (secondary N) is 1. The Morgan fingerprint density at radius 1 is 1.07 bits per heavy atom. The number of benzene rings is 3. The van der Waals surface area contributed by atoms with Crippen molar-refractivity contribution in [3.63, 3.8) is 0 Å². The van der Waals surface area contributed by atoms with Crippen molar-refractivity contribution in [2.45, 2.75) is 31.9 Å². The smallest absolute Gasteiger partial charge is 1.00 e. The second-order valence-electron chi connectivity index (χ2n) is 9.16. The van der Waals surface area contributed by atoms with Gasteiger partial charge in [-0.15, -0.1) is 11.3 Å². The molecule has 0 fully saturated rings. The van der Waals surface area contributed by atoms with E-state index in [1.165, 1.54) is 16.9 Å². The number of aromatic nitrogens is 1. The van der Waals surface area contributed by atoms with E-state index in [4.69, 9.17) is 4.74 Å². The van der Waals surface area contributed by atoms with Crippen LogP contribution in [0.3, 0.4) is 0 Å². The van der Waals surface area contributed by atoms with Gasteiger partial charge in [0, 0.05) is 11.8 Å². The van der Waals surface area contributed by atoms with Crippen molar-refractivity contribution in [3.8, 4) is 11.1 Å². The van der Waals surface area contributed by atoms with E-state index in [-0.39, 0.29) is 26.4 Å². The van der Waals surface area contributed by atoms with E-state index >= 15 is 0 Å². The van der Waals surface area contributed by atoms with Crippen molar-refractivity contribution in [2.75, 3.05) is 18.6 Å². The van der Waals surface area contributed by atoms with Crippen molar-refractivity contribution in [3.05, 3.63) is 112 Å². The summed E-state index contributed by atoms with van der Waals surface area (Å²) in [7, 11) is 0. The predicted octanol–water partition coefficient (Wildman–Crippen LogP) is 3.52. The van der Waals surface area contributed by atoms with Gasteiger partial charge in [-0.2, -0.15) is 11.8 Å². The molecule has 1 amide bonds. The van der Waals surface area contributed by atoms with E-state index in [1.54, 1.807) is 23.3 Å². The molecule has 204 valence electrons. The van der Waals surface area contributed by atoms with Crippen molar-refractivity contribution >= 4 is 35.0 Å². The molecule has 0 spiro atoms. The summed E-state index contributed by atoms with van der Waals surface area (Å²) >= 11 is 3.07.